The van der Waals surface area contributed by atoms with E-state index < -0.39 is 13.0 Å². The molecular weight excluding hydrogens is 332 g/mol. The Morgan fingerprint density at radius 1 is 1.28 bits per heavy atom. The van der Waals surface area contributed by atoms with Crippen LogP contribution in [0.15, 0.2) is 30.5 Å². The number of carbonyl (C=O) groups is 1. The second-order valence-corrected chi connectivity index (χ2v) is 5.13. The highest BCUT2D eigenvalue weighted by molar-refractivity contribution is 5.96. The molecule has 2 aromatic heterocycles. The Hall–Kier alpha value is -2.77. The van der Waals surface area contributed by atoms with Gasteiger partial charge in [0, 0.05) is 24.5 Å². The summed E-state index contributed by atoms with van der Waals surface area (Å²) in [5, 5.41) is 2.74. The zero-order valence-corrected chi connectivity index (χ0v) is 14.0. The summed E-state index contributed by atoms with van der Waals surface area (Å²) in [6.07, 6.45) is -1.14. The van der Waals surface area contributed by atoms with E-state index >= 15 is 0 Å². The number of hydrogen-bond acceptors (Lipinski definition) is 5. The SMILES string of the molecule is CCOc1nc(C)ccc1C(=O)NCc1ccnc(OCC(F)F)c1. The summed E-state index contributed by atoms with van der Waals surface area (Å²) in [5.41, 5.74) is 1.75. The number of halogens is 2. The lowest BCUT2D eigenvalue weighted by Crippen LogP contribution is -2.24. The van der Waals surface area contributed by atoms with Gasteiger partial charge < -0.3 is 14.8 Å². The van der Waals surface area contributed by atoms with Gasteiger partial charge in [-0.1, -0.05) is 0 Å². The third-order valence-corrected chi connectivity index (χ3v) is 3.13. The van der Waals surface area contributed by atoms with E-state index in [1.54, 1.807) is 18.2 Å². The van der Waals surface area contributed by atoms with Crippen LogP contribution in [0.4, 0.5) is 8.78 Å². The van der Waals surface area contributed by atoms with Gasteiger partial charge in [0.25, 0.3) is 12.3 Å². The van der Waals surface area contributed by atoms with Gasteiger partial charge in [0.05, 0.1) is 6.61 Å². The number of amides is 1. The molecule has 0 bridgehead atoms. The van der Waals surface area contributed by atoms with Crippen molar-refractivity contribution in [2.75, 3.05) is 13.2 Å². The summed E-state index contributed by atoms with van der Waals surface area (Å²) < 4.78 is 34.6. The normalized spacial score (nSPS) is 10.6. The van der Waals surface area contributed by atoms with Crippen molar-refractivity contribution in [2.45, 2.75) is 26.8 Å². The smallest absolute Gasteiger partial charge is 0.272 e. The van der Waals surface area contributed by atoms with Crippen molar-refractivity contribution in [1.82, 2.24) is 15.3 Å². The summed E-state index contributed by atoms with van der Waals surface area (Å²) in [5.74, 6) is 0.0116. The maximum atomic E-state index is 12.3. The minimum atomic E-state index is -2.57. The molecule has 6 nitrogen and oxygen atoms in total. The zero-order chi connectivity index (χ0) is 18.2. The van der Waals surface area contributed by atoms with Gasteiger partial charge in [-0.05, 0) is 37.6 Å². The summed E-state index contributed by atoms with van der Waals surface area (Å²) in [4.78, 5) is 20.4. The highest BCUT2D eigenvalue weighted by Gasteiger charge is 2.14. The summed E-state index contributed by atoms with van der Waals surface area (Å²) in [6.45, 7) is 3.47. The largest absolute Gasteiger partial charge is 0.477 e. The van der Waals surface area contributed by atoms with Gasteiger partial charge in [0.15, 0.2) is 6.61 Å². The highest BCUT2D eigenvalue weighted by Crippen LogP contribution is 2.17. The Morgan fingerprint density at radius 3 is 2.80 bits per heavy atom. The molecule has 2 rings (SSSR count). The molecule has 0 spiro atoms. The Morgan fingerprint density at radius 2 is 2.08 bits per heavy atom. The van der Waals surface area contributed by atoms with E-state index in [0.29, 0.717) is 17.7 Å². The van der Waals surface area contributed by atoms with Crippen molar-refractivity contribution in [3.63, 3.8) is 0 Å². The Balaban J connectivity index is 2.01. The topological polar surface area (TPSA) is 73.3 Å². The van der Waals surface area contributed by atoms with Crippen LogP contribution in [0.25, 0.3) is 0 Å². The number of aromatic nitrogens is 2. The van der Waals surface area contributed by atoms with E-state index in [4.69, 9.17) is 9.47 Å². The number of hydrogen-bond donors (Lipinski definition) is 1. The number of nitrogens with one attached hydrogen (secondary N) is 1. The number of carbonyl (C=O) groups excluding carboxylic acids is 1. The third-order valence-electron chi connectivity index (χ3n) is 3.13. The predicted molar refractivity (Wildman–Crippen MR) is 87.0 cm³/mol. The van der Waals surface area contributed by atoms with E-state index in [2.05, 4.69) is 15.3 Å². The first-order chi connectivity index (χ1) is 12.0. The fourth-order valence-corrected chi connectivity index (χ4v) is 2.02. The molecule has 0 aliphatic heterocycles. The minimum absolute atomic E-state index is 0.0825. The molecule has 2 aromatic rings. The molecule has 2 heterocycles. The number of ether oxygens (including phenoxy) is 2. The highest BCUT2D eigenvalue weighted by atomic mass is 19.3. The van der Waals surface area contributed by atoms with Crippen LogP contribution in [0, 0.1) is 6.92 Å². The second-order valence-electron chi connectivity index (χ2n) is 5.13. The van der Waals surface area contributed by atoms with Gasteiger partial charge in [-0.25, -0.2) is 18.7 Å². The molecule has 0 aliphatic carbocycles. The molecule has 0 saturated heterocycles. The number of alkyl halides is 2. The molecule has 0 radical (unpaired) electrons. The first kappa shape index (κ1) is 18.6. The number of pyridine rings is 2. The number of aryl methyl sites for hydroxylation is 1. The first-order valence-corrected chi connectivity index (χ1v) is 7.74. The molecule has 0 atom stereocenters. The molecule has 0 aromatic carbocycles. The van der Waals surface area contributed by atoms with Crippen LogP contribution in [-0.4, -0.2) is 35.5 Å². The number of rotatable bonds is 8. The van der Waals surface area contributed by atoms with Crippen LogP contribution in [0.3, 0.4) is 0 Å². The molecule has 0 unspecified atom stereocenters. The first-order valence-electron chi connectivity index (χ1n) is 7.74. The lowest BCUT2D eigenvalue weighted by atomic mass is 10.2. The van der Waals surface area contributed by atoms with Gasteiger partial charge in [-0.15, -0.1) is 0 Å². The molecule has 25 heavy (non-hydrogen) atoms. The van der Waals surface area contributed by atoms with Crippen LogP contribution >= 0.6 is 0 Å². The molecule has 1 amide bonds. The molecule has 0 fully saturated rings. The lowest BCUT2D eigenvalue weighted by Gasteiger charge is -2.11. The van der Waals surface area contributed by atoms with Crippen LogP contribution in [0.2, 0.25) is 0 Å². The minimum Gasteiger partial charge on any atom is -0.477 e. The Bertz CT molecular complexity index is 726. The maximum Gasteiger partial charge on any atom is 0.272 e. The predicted octanol–water partition coefficient (Wildman–Crippen LogP) is 2.76. The second kappa shape index (κ2) is 8.91. The molecular formula is C17H19F2N3O3. The van der Waals surface area contributed by atoms with Gasteiger partial charge in [0.2, 0.25) is 11.8 Å². The molecule has 0 aliphatic rings. The monoisotopic (exact) mass is 351 g/mol. The zero-order valence-electron chi connectivity index (χ0n) is 14.0. The van der Waals surface area contributed by atoms with Gasteiger partial charge in [-0.3, -0.25) is 4.79 Å². The van der Waals surface area contributed by atoms with Crippen molar-refractivity contribution in [3.8, 4) is 11.8 Å². The molecule has 134 valence electrons. The van der Waals surface area contributed by atoms with Crippen molar-refractivity contribution >= 4 is 5.91 Å². The lowest BCUT2D eigenvalue weighted by molar-refractivity contribution is 0.0795. The van der Waals surface area contributed by atoms with E-state index in [-0.39, 0.29) is 24.2 Å². The molecule has 8 heteroatoms. The fourth-order valence-electron chi connectivity index (χ4n) is 2.02. The maximum absolute atomic E-state index is 12.3. The Labute approximate surface area is 144 Å². The summed E-state index contributed by atoms with van der Waals surface area (Å²) >= 11 is 0. The van der Waals surface area contributed by atoms with Crippen molar-refractivity contribution in [3.05, 3.63) is 47.3 Å². The Kier molecular flexibility index (Phi) is 6.62. The quantitative estimate of drug-likeness (QED) is 0.792. The van der Waals surface area contributed by atoms with E-state index in [9.17, 15) is 13.6 Å². The summed E-state index contributed by atoms with van der Waals surface area (Å²) in [6, 6.07) is 6.53. The standard InChI is InChI=1S/C17H19F2N3O3/c1-3-24-17-13(5-4-11(2)22-17)16(23)21-9-12-6-7-20-15(8-12)25-10-14(18)19/h4-8,14H,3,9-10H2,1-2H3,(H,21,23). The van der Waals surface area contributed by atoms with E-state index in [1.807, 2.05) is 13.8 Å². The number of nitrogens with zero attached hydrogens (tertiary/aromatic N) is 2. The average molecular weight is 351 g/mol. The van der Waals surface area contributed by atoms with Crippen molar-refractivity contribution in [2.24, 2.45) is 0 Å². The fraction of sp³-hybridized carbons (Fsp3) is 0.353. The van der Waals surface area contributed by atoms with Crippen LogP contribution < -0.4 is 14.8 Å². The van der Waals surface area contributed by atoms with Crippen LogP contribution in [0.1, 0.15) is 28.5 Å². The van der Waals surface area contributed by atoms with Gasteiger partial charge in [-0.2, -0.15) is 0 Å². The molecule has 0 saturated carbocycles. The van der Waals surface area contributed by atoms with Crippen LogP contribution in [-0.2, 0) is 6.54 Å². The van der Waals surface area contributed by atoms with E-state index in [1.165, 1.54) is 12.3 Å². The van der Waals surface area contributed by atoms with Crippen molar-refractivity contribution < 1.29 is 23.0 Å². The summed E-state index contributed by atoms with van der Waals surface area (Å²) in [7, 11) is 0. The van der Waals surface area contributed by atoms with Crippen LogP contribution in [0.5, 0.6) is 11.8 Å². The van der Waals surface area contributed by atoms with E-state index in [0.717, 1.165) is 5.69 Å². The molecule has 1 N–H and O–H groups in total. The van der Waals surface area contributed by atoms with Gasteiger partial charge in [0.1, 0.15) is 5.56 Å². The third kappa shape index (κ3) is 5.66. The van der Waals surface area contributed by atoms with Crippen molar-refractivity contribution in [1.29, 1.82) is 0 Å². The average Bonchev–Trinajstić information content (AvgIpc) is 2.59. The van der Waals surface area contributed by atoms with Gasteiger partial charge >= 0.3 is 0 Å².